The lowest BCUT2D eigenvalue weighted by Gasteiger charge is -2.03. The van der Waals surface area contributed by atoms with Gasteiger partial charge in [0.15, 0.2) is 5.43 Å². The van der Waals surface area contributed by atoms with Gasteiger partial charge in [0.05, 0.1) is 5.39 Å². The molecule has 0 saturated carbocycles. The van der Waals surface area contributed by atoms with E-state index in [-0.39, 0.29) is 5.43 Å². The molecule has 1 aromatic carbocycles. The van der Waals surface area contributed by atoms with E-state index in [2.05, 4.69) is 0 Å². The van der Waals surface area contributed by atoms with Crippen molar-refractivity contribution in [3.05, 3.63) is 51.5 Å². The second kappa shape index (κ2) is 4.63. The molecule has 0 amide bonds. The van der Waals surface area contributed by atoms with Crippen molar-refractivity contribution < 1.29 is 4.42 Å². The summed E-state index contributed by atoms with van der Waals surface area (Å²) in [5.74, 6) is 0.526. The molecular weight excluding hydrogens is 238 g/mol. The van der Waals surface area contributed by atoms with Crippen molar-refractivity contribution in [2.45, 2.75) is 0 Å². The van der Waals surface area contributed by atoms with E-state index in [0.717, 1.165) is 0 Å². The van der Waals surface area contributed by atoms with Gasteiger partial charge >= 0.3 is 0 Å². The number of halogens is 1. The summed E-state index contributed by atoms with van der Waals surface area (Å²) in [6.45, 7) is 0. The zero-order valence-electron chi connectivity index (χ0n) is 9.61. The largest absolute Gasteiger partial charge is 0.456 e. The lowest BCUT2D eigenvalue weighted by molar-refractivity contribution is 0.559. The van der Waals surface area contributed by atoms with E-state index in [4.69, 9.17) is 16.0 Å². The Kier molecular flexibility index (Phi) is 3.20. The Hall–Kier alpha value is -1.74. The maximum absolute atomic E-state index is 11.8. The molecule has 0 radical (unpaired) electrons. The summed E-state index contributed by atoms with van der Waals surface area (Å²) in [7, 11) is 3.80. The third-order valence-electron chi connectivity index (χ3n) is 2.25. The molecular formula is C13H12ClNO2. The van der Waals surface area contributed by atoms with Gasteiger partial charge in [-0.05, 0) is 24.3 Å². The van der Waals surface area contributed by atoms with Gasteiger partial charge in [0.1, 0.15) is 11.3 Å². The van der Waals surface area contributed by atoms with Gasteiger partial charge in [-0.15, -0.1) is 0 Å². The van der Waals surface area contributed by atoms with E-state index in [1.54, 1.807) is 24.3 Å². The monoisotopic (exact) mass is 249 g/mol. The Morgan fingerprint density at radius 3 is 2.76 bits per heavy atom. The topological polar surface area (TPSA) is 33.5 Å². The van der Waals surface area contributed by atoms with Crippen molar-refractivity contribution in [1.29, 1.82) is 0 Å². The summed E-state index contributed by atoms with van der Waals surface area (Å²) < 4.78 is 5.58. The van der Waals surface area contributed by atoms with Gasteiger partial charge in [-0.25, -0.2) is 0 Å². The second-order valence-corrected chi connectivity index (χ2v) is 4.37. The predicted molar refractivity (Wildman–Crippen MR) is 70.2 cm³/mol. The van der Waals surface area contributed by atoms with Gasteiger partial charge in [0.2, 0.25) is 0 Å². The maximum Gasteiger partial charge on any atom is 0.193 e. The third kappa shape index (κ3) is 2.68. The molecule has 0 N–H and O–H groups in total. The molecule has 2 rings (SSSR count). The molecule has 0 spiro atoms. The van der Waals surface area contributed by atoms with Crippen LogP contribution in [0.5, 0.6) is 0 Å². The Morgan fingerprint density at radius 2 is 2.06 bits per heavy atom. The van der Waals surface area contributed by atoms with E-state index in [0.29, 0.717) is 21.8 Å². The Morgan fingerprint density at radius 1 is 1.29 bits per heavy atom. The zero-order chi connectivity index (χ0) is 12.4. The lowest BCUT2D eigenvalue weighted by atomic mass is 10.2. The number of rotatable bonds is 2. The molecule has 17 heavy (non-hydrogen) atoms. The number of hydrogen-bond donors (Lipinski definition) is 0. The summed E-state index contributed by atoms with van der Waals surface area (Å²) in [6.07, 6.45) is 3.56. The van der Waals surface area contributed by atoms with Gasteiger partial charge in [-0.2, -0.15) is 0 Å². The van der Waals surface area contributed by atoms with Crippen LogP contribution in [0.3, 0.4) is 0 Å². The highest BCUT2D eigenvalue weighted by atomic mass is 35.5. The van der Waals surface area contributed by atoms with Crippen LogP contribution >= 0.6 is 11.6 Å². The van der Waals surface area contributed by atoms with Crippen LogP contribution in [0.2, 0.25) is 5.02 Å². The molecule has 1 heterocycles. The van der Waals surface area contributed by atoms with E-state index >= 15 is 0 Å². The first-order valence-electron chi connectivity index (χ1n) is 5.14. The molecule has 88 valence electrons. The van der Waals surface area contributed by atoms with Crippen LogP contribution in [0, 0.1) is 0 Å². The predicted octanol–water partition coefficient (Wildman–Crippen LogP) is 2.98. The van der Waals surface area contributed by atoms with Crippen LogP contribution in [0.4, 0.5) is 0 Å². The highest BCUT2D eigenvalue weighted by Crippen LogP contribution is 2.18. The van der Waals surface area contributed by atoms with Gasteiger partial charge in [0.25, 0.3) is 0 Å². The van der Waals surface area contributed by atoms with Gasteiger partial charge in [0, 0.05) is 31.4 Å². The van der Waals surface area contributed by atoms with E-state index in [1.165, 1.54) is 6.07 Å². The average Bonchev–Trinajstić information content (AvgIpc) is 2.27. The third-order valence-corrected chi connectivity index (χ3v) is 2.48. The molecule has 4 heteroatoms. The molecule has 0 atom stereocenters. The van der Waals surface area contributed by atoms with Gasteiger partial charge < -0.3 is 9.32 Å². The summed E-state index contributed by atoms with van der Waals surface area (Å²) >= 11 is 5.83. The number of fused-ring (bicyclic) bond motifs is 1. The van der Waals surface area contributed by atoms with Crippen LogP contribution < -0.4 is 5.43 Å². The van der Waals surface area contributed by atoms with E-state index < -0.39 is 0 Å². The number of hydrogen-bond acceptors (Lipinski definition) is 3. The molecule has 0 bridgehead atoms. The molecule has 0 aliphatic heterocycles. The van der Waals surface area contributed by atoms with Crippen molar-refractivity contribution in [2.75, 3.05) is 14.1 Å². The fourth-order valence-electron chi connectivity index (χ4n) is 1.45. The standard InChI is InChI=1S/C13H12ClNO2/c1-15(2)6-5-10-8-12(16)11-7-9(14)3-4-13(11)17-10/h3-8H,1-2H3/b6-5+. The zero-order valence-corrected chi connectivity index (χ0v) is 10.4. The Balaban J connectivity index is 2.56. The minimum atomic E-state index is -0.0906. The minimum absolute atomic E-state index is 0.0906. The van der Waals surface area contributed by atoms with Crippen LogP contribution in [-0.4, -0.2) is 19.0 Å². The van der Waals surface area contributed by atoms with Crippen LogP contribution in [-0.2, 0) is 0 Å². The highest BCUT2D eigenvalue weighted by Gasteiger charge is 2.03. The van der Waals surface area contributed by atoms with E-state index in [1.807, 2.05) is 25.2 Å². The number of benzene rings is 1. The van der Waals surface area contributed by atoms with Crippen molar-refractivity contribution in [3.8, 4) is 0 Å². The average molecular weight is 250 g/mol. The molecule has 0 fully saturated rings. The fourth-order valence-corrected chi connectivity index (χ4v) is 1.62. The molecule has 3 nitrogen and oxygen atoms in total. The summed E-state index contributed by atoms with van der Waals surface area (Å²) in [4.78, 5) is 13.7. The molecule has 2 aromatic rings. The van der Waals surface area contributed by atoms with Crippen molar-refractivity contribution in [1.82, 2.24) is 4.90 Å². The summed E-state index contributed by atoms with van der Waals surface area (Å²) in [5, 5.41) is 1.03. The normalized spacial score (nSPS) is 11.2. The van der Waals surface area contributed by atoms with Crippen LogP contribution in [0.1, 0.15) is 5.76 Å². The van der Waals surface area contributed by atoms with Gasteiger partial charge in [-0.1, -0.05) is 11.6 Å². The molecule has 0 aliphatic rings. The van der Waals surface area contributed by atoms with Crippen LogP contribution in [0.25, 0.3) is 17.0 Å². The van der Waals surface area contributed by atoms with Crippen molar-refractivity contribution >= 4 is 28.6 Å². The smallest absolute Gasteiger partial charge is 0.193 e. The quantitative estimate of drug-likeness (QED) is 0.821. The lowest BCUT2D eigenvalue weighted by Crippen LogP contribution is -2.02. The molecule has 1 aromatic heterocycles. The second-order valence-electron chi connectivity index (χ2n) is 3.93. The fraction of sp³-hybridized carbons (Fsp3) is 0.154. The SMILES string of the molecule is CN(C)/C=C/c1cc(=O)c2cc(Cl)ccc2o1. The van der Waals surface area contributed by atoms with E-state index in [9.17, 15) is 4.79 Å². The number of nitrogens with zero attached hydrogens (tertiary/aromatic N) is 1. The molecule has 0 aliphatic carbocycles. The van der Waals surface area contributed by atoms with Crippen molar-refractivity contribution in [2.24, 2.45) is 0 Å². The summed E-state index contributed by atoms with van der Waals surface area (Å²) in [6, 6.07) is 6.47. The molecule has 0 unspecified atom stereocenters. The molecule has 0 saturated heterocycles. The first kappa shape index (κ1) is 11.7. The highest BCUT2D eigenvalue weighted by molar-refractivity contribution is 6.31. The van der Waals surface area contributed by atoms with Crippen LogP contribution in [0.15, 0.2) is 39.7 Å². The van der Waals surface area contributed by atoms with Crippen molar-refractivity contribution in [3.63, 3.8) is 0 Å². The first-order chi connectivity index (χ1) is 8.06. The minimum Gasteiger partial charge on any atom is -0.456 e. The Labute approximate surface area is 104 Å². The summed E-state index contributed by atoms with van der Waals surface area (Å²) in [5.41, 5.74) is 0.451. The Bertz CT molecular complexity index is 629. The van der Waals surface area contributed by atoms with Gasteiger partial charge in [-0.3, -0.25) is 4.79 Å². The maximum atomic E-state index is 11.8. The first-order valence-corrected chi connectivity index (χ1v) is 5.52.